The maximum absolute atomic E-state index is 12.4. The van der Waals surface area contributed by atoms with Gasteiger partial charge in [0.25, 0.3) is 0 Å². The van der Waals surface area contributed by atoms with Crippen LogP contribution in [-0.2, 0) is 16.0 Å². The van der Waals surface area contributed by atoms with E-state index in [1.807, 2.05) is 36.6 Å². The minimum absolute atomic E-state index is 0.0750. The van der Waals surface area contributed by atoms with Crippen LogP contribution in [-0.4, -0.2) is 21.8 Å². The number of rotatable bonds is 7. The standard InChI is InChI=1S/C21H18ClNO3S/c1-13-2-4-15(5-3-13)20-23-17(12-27-20)10-18(24)11-19(21(25)26)14-6-8-16(22)9-7-14/h2-9,12,19H,10-11H2,1H3,(H,25,26). The number of hydrogen-bond donors (Lipinski definition) is 1. The van der Waals surface area contributed by atoms with Gasteiger partial charge in [0.1, 0.15) is 10.8 Å². The lowest BCUT2D eigenvalue weighted by Crippen LogP contribution is -2.17. The maximum atomic E-state index is 12.4. The predicted molar refractivity (Wildman–Crippen MR) is 107 cm³/mol. The third-order valence-electron chi connectivity index (χ3n) is 4.23. The molecule has 0 bridgehead atoms. The zero-order chi connectivity index (χ0) is 19.4. The molecule has 0 saturated heterocycles. The second kappa shape index (κ2) is 8.46. The van der Waals surface area contributed by atoms with Crippen molar-refractivity contribution in [3.05, 3.63) is 75.8 Å². The highest BCUT2D eigenvalue weighted by Crippen LogP contribution is 2.26. The summed E-state index contributed by atoms with van der Waals surface area (Å²) in [6.07, 6.45) is 0.0497. The largest absolute Gasteiger partial charge is 0.481 e. The minimum Gasteiger partial charge on any atom is -0.481 e. The van der Waals surface area contributed by atoms with Gasteiger partial charge in [-0.15, -0.1) is 11.3 Å². The van der Waals surface area contributed by atoms with Crippen LogP contribution in [0.25, 0.3) is 10.6 Å². The summed E-state index contributed by atoms with van der Waals surface area (Å²) in [6, 6.07) is 14.6. The van der Waals surface area contributed by atoms with Crippen LogP contribution in [0.3, 0.4) is 0 Å². The van der Waals surface area contributed by atoms with E-state index in [1.54, 1.807) is 24.3 Å². The summed E-state index contributed by atoms with van der Waals surface area (Å²) >= 11 is 7.33. The molecule has 0 radical (unpaired) electrons. The number of benzene rings is 2. The topological polar surface area (TPSA) is 67.3 Å². The van der Waals surface area contributed by atoms with Gasteiger partial charge in [-0.1, -0.05) is 53.6 Å². The van der Waals surface area contributed by atoms with Crippen LogP contribution in [0.4, 0.5) is 0 Å². The molecule has 4 nitrogen and oxygen atoms in total. The van der Waals surface area contributed by atoms with E-state index in [4.69, 9.17) is 11.6 Å². The van der Waals surface area contributed by atoms with E-state index in [-0.39, 0.29) is 18.6 Å². The van der Waals surface area contributed by atoms with Crippen molar-refractivity contribution in [2.75, 3.05) is 0 Å². The summed E-state index contributed by atoms with van der Waals surface area (Å²) in [5.41, 5.74) is 3.42. The molecule has 1 N–H and O–H groups in total. The van der Waals surface area contributed by atoms with Crippen LogP contribution in [0.5, 0.6) is 0 Å². The van der Waals surface area contributed by atoms with E-state index in [2.05, 4.69) is 4.98 Å². The molecule has 1 aromatic heterocycles. The van der Waals surface area contributed by atoms with Crippen molar-refractivity contribution in [3.8, 4) is 10.6 Å². The van der Waals surface area contributed by atoms with Gasteiger partial charge in [0.15, 0.2) is 0 Å². The van der Waals surface area contributed by atoms with Gasteiger partial charge < -0.3 is 5.11 Å². The molecule has 2 aromatic carbocycles. The van der Waals surface area contributed by atoms with Gasteiger partial charge in [-0.2, -0.15) is 0 Å². The zero-order valence-electron chi connectivity index (χ0n) is 14.7. The molecule has 0 fully saturated rings. The zero-order valence-corrected chi connectivity index (χ0v) is 16.3. The van der Waals surface area contributed by atoms with Crippen molar-refractivity contribution >= 4 is 34.7 Å². The van der Waals surface area contributed by atoms with E-state index in [1.165, 1.54) is 16.9 Å². The number of aliphatic carboxylic acids is 1. The normalized spacial score (nSPS) is 11.9. The molecule has 0 aliphatic rings. The number of carbonyl (C=O) groups is 2. The number of halogens is 1. The molecule has 0 saturated carbocycles. The Morgan fingerprint density at radius 1 is 1.11 bits per heavy atom. The second-order valence-corrected chi connectivity index (χ2v) is 7.67. The molecular formula is C21H18ClNO3S. The molecule has 0 amide bonds. The Balaban J connectivity index is 1.68. The van der Waals surface area contributed by atoms with Gasteiger partial charge in [-0.05, 0) is 24.6 Å². The van der Waals surface area contributed by atoms with Crippen molar-refractivity contribution < 1.29 is 14.7 Å². The molecule has 0 aliphatic carbocycles. The number of nitrogens with zero attached hydrogens (tertiary/aromatic N) is 1. The van der Waals surface area contributed by atoms with Gasteiger partial charge in [0.2, 0.25) is 0 Å². The average molecular weight is 400 g/mol. The molecule has 6 heteroatoms. The number of aryl methyl sites for hydroxylation is 1. The molecule has 1 atom stereocenters. The number of carbonyl (C=O) groups excluding carboxylic acids is 1. The Morgan fingerprint density at radius 3 is 2.41 bits per heavy atom. The number of ketones is 1. The van der Waals surface area contributed by atoms with Gasteiger partial charge in [0, 0.05) is 28.8 Å². The number of carboxylic acid groups (broad SMARTS) is 1. The molecule has 3 aromatic rings. The van der Waals surface area contributed by atoms with E-state index < -0.39 is 11.9 Å². The molecule has 1 heterocycles. The lowest BCUT2D eigenvalue weighted by molar-refractivity contribution is -0.140. The van der Waals surface area contributed by atoms with Crippen LogP contribution < -0.4 is 0 Å². The number of aromatic nitrogens is 1. The Hall–Kier alpha value is -2.50. The first-order valence-electron chi connectivity index (χ1n) is 8.44. The fraction of sp³-hybridized carbons (Fsp3) is 0.190. The van der Waals surface area contributed by atoms with E-state index in [9.17, 15) is 14.7 Å². The summed E-state index contributed by atoms with van der Waals surface area (Å²) in [7, 11) is 0. The third-order valence-corrected chi connectivity index (χ3v) is 5.42. The number of carboxylic acids is 1. The molecule has 1 unspecified atom stereocenters. The highest BCUT2D eigenvalue weighted by Gasteiger charge is 2.23. The average Bonchev–Trinajstić information content (AvgIpc) is 3.09. The van der Waals surface area contributed by atoms with Crippen molar-refractivity contribution in [1.29, 1.82) is 0 Å². The lowest BCUT2D eigenvalue weighted by atomic mass is 9.93. The van der Waals surface area contributed by atoms with Crippen molar-refractivity contribution in [3.63, 3.8) is 0 Å². The molecular weight excluding hydrogens is 382 g/mol. The maximum Gasteiger partial charge on any atom is 0.311 e. The Kier molecular flexibility index (Phi) is 6.04. The summed E-state index contributed by atoms with van der Waals surface area (Å²) in [6.45, 7) is 2.02. The first-order chi connectivity index (χ1) is 12.9. The third kappa shape index (κ3) is 5.02. The smallest absolute Gasteiger partial charge is 0.311 e. The quantitative estimate of drug-likeness (QED) is 0.597. The number of hydrogen-bond acceptors (Lipinski definition) is 4. The highest BCUT2D eigenvalue weighted by atomic mass is 35.5. The summed E-state index contributed by atoms with van der Waals surface area (Å²) < 4.78 is 0. The van der Waals surface area contributed by atoms with E-state index in [0.29, 0.717) is 16.3 Å². The first kappa shape index (κ1) is 19.3. The molecule has 3 rings (SSSR count). The van der Waals surface area contributed by atoms with Crippen molar-refractivity contribution in [2.24, 2.45) is 0 Å². The summed E-state index contributed by atoms with van der Waals surface area (Å²) in [5.74, 6) is -2.06. The molecule has 0 aliphatic heterocycles. The lowest BCUT2D eigenvalue weighted by Gasteiger charge is -2.11. The first-order valence-corrected chi connectivity index (χ1v) is 9.69. The predicted octanol–water partition coefficient (Wildman–Crippen LogP) is 5.14. The van der Waals surface area contributed by atoms with Gasteiger partial charge in [0.05, 0.1) is 11.6 Å². The van der Waals surface area contributed by atoms with E-state index >= 15 is 0 Å². The fourth-order valence-corrected chi connectivity index (χ4v) is 3.71. The number of Topliss-reactive ketones (excluding diaryl/α,β-unsaturated/α-hetero) is 1. The summed E-state index contributed by atoms with van der Waals surface area (Å²) in [4.78, 5) is 28.5. The number of thiazole rings is 1. The van der Waals surface area contributed by atoms with Crippen LogP contribution in [0.15, 0.2) is 53.9 Å². The van der Waals surface area contributed by atoms with E-state index in [0.717, 1.165) is 10.6 Å². The van der Waals surface area contributed by atoms with Crippen LogP contribution in [0, 0.1) is 6.92 Å². The Morgan fingerprint density at radius 2 is 1.78 bits per heavy atom. The van der Waals surface area contributed by atoms with Gasteiger partial charge in [-0.25, -0.2) is 4.98 Å². The van der Waals surface area contributed by atoms with Gasteiger partial charge in [-0.3, -0.25) is 9.59 Å². The van der Waals surface area contributed by atoms with Crippen molar-refractivity contribution in [1.82, 2.24) is 4.98 Å². The van der Waals surface area contributed by atoms with Crippen LogP contribution in [0.1, 0.15) is 29.2 Å². The highest BCUT2D eigenvalue weighted by molar-refractivity contribution is 7.13. The SMILES string of the molecule is Cc1ccc(-c2nc(CC(=O)CC(C(=O)O)c3ccc(Cl)cc3)cs2)cc1. The Labute approximate surface area is 166 Å². The van der Waals surface area contributed by atoms with Crippen LogP contribution in [0.2, 0.25) is 5.02 Å². The molecule has 0 spiro atoms. The molecule has 138 valence electrons. The Bertz CT molecular complexity index is 948. The minimum atomic E-state index is -1.02. The van der Waals surface area contributed by atoms with Gasteiger partial charge >= 0.3 is 5.97 Å². The monoisotopic (exact) mass is 399 g/mol. The molecule has 27 heavy (non-hydrogen) atoms. The van der Waals surface area contributed by atoms with Crippen LogP contribution >= 0.6 is 22.9 Å². The fourth-order valence-electron chi connectivity index (χ4n) is 2.76. The summed E-state index contributed by atoms with van der Waals surface area (Å²) in [5, 5.41) is 12.7. The van der Waals surface area contributed by atoms with Crippen molar-refractivity contribution in [2.45, 2.75) is 25.7 Å². The second-order valence-electron chi connectivity index (χ2n) is 6.37.